The molecule has 0 aromatic carbocycles. The monoisotopic (exact) mass is 244 g/mol. The first kappa shape index (κ1) is 15.9. The molecule has 0 heterocycles. The van der Waals surface area contributed by atoms with E-state index in [9.17, 15) is 9.59 Å². The van der Waals surface area contributed by atoms with Gasteiger partial charge in [0.15, 0.2) is 0 Å². The largest absolute Gasteiger partial charge is 0.457 e. The van der Waals surface area contributed by atoms with Crippen LogP contribution in [-0.4, -0.2) is 23.6 Å². The van der Waals surface area contributed by atoms with Crippen LogP contribution in [0.4, 0.5) is 0 Å². The van der Waals surface area contributed by atoms with E-state index in [1.807, 2.05) is 13.8 Å². The van der Waals surface area contributed by atoms with Crippen LogP contribution in [0.2, 0.25) is 0 Å². The van der Waals surface area contributed by atoms with E-state index < -0.39 is 17.2 Å². The molecule has 0 atom stereocenters. The molecule has 0 rings (SSSR count). The molecular weight excluding hydrogens is 220 g/mol. The van der Waals surface area contributed by atoms with Gasteiger partial charge in [-0.2, -0.15) is 0 Å². The molecule has 0 N–H and O–H groups in total. The number of rotatable bonds is 5. The average Bonchev–Trinajstić information content (AvgIpc) is 1.97. The summed E-state index contributed by atoms with van der Waals surface area (Å²) in [4.78, 5) is 22.1. The zero-order chi connectivity index (χ0) is 13.9. The van der Waals surface area contributed by atoms with Crippen LogP contribution in [0.25, 0.3) is 0 Å². The van der Waals surface area contributed by atoms with Crippen molar-refractivity contribution in [2.45, 2.75) is 66.1 Å². The predicted octanol–water partition coefficient (Wildman–Crippen LogP) is 2.70. The molecule has 0 aliphatic carbocycles. The van der Waals surface area contributed by atoms with Crippen molar-refractivity contribution >= 4 is 12.4 Å². The van der Waals surface area contributed by atoms with E-state index in [2.05, 4.69) is 20.8 Å². The predicted molar refractivity (Wildman–Crippen MR) is 65.5 cm³/mol. The molecule has 0 spiro atoms. The number of carbonyl (C=O) groups is 2. The number of ether oxygens (including phenoxy) is 2. The summed E-state index contributed by atoms with van der Waals surface area (Å²) in [5.41, 5.74) is -1.77. The van der Waals surface area contributed by atoms with Gasteiger partial charge in [-0.1, -0.05) is 20.8 Å². The third-order valence-electron chi connectivity index (χ3n) is 2.16. The number of carbonyl (C=O) groups excluding carboxylic acids is 2. The fourth-order valence-electron chi connectivity index (χ4n) is 1.86. The quantitative estimate of drug-likeness (QED) is 0.551. The number of hydrogen-bond donors (Lipinski definition) is 0. The lowest BCUT2D eigenvalue weighted by Crippen LogP contribution is -2.43. The molecule has 0 saturated heterocycles. The standard InChI is InChI=1S/C13H24O4/c1-11(2,3)8-12(4,5)17-10(15)13(6,7)16-9-14/h9H,8H2,1-7H3. The van der Waals surface area contributed by atoms with Crippen molar-refractivity contribution in [1.82, 2.24) is 0 Å². The first-order valence-electron chi connectivity index (χ1n) is 5.75. The third-order valence-corrected chi connectivity index (χ3v) is 2.16. The maximum Gasteiger partial charge on any atom is 0.350 e. The van der Waals surface area contributed by atoms with E-state index in [1.54, 1.807) is 0 Å². The Kier molecular flexibility index (Phi) is 4.75. The van der Waals surface area contributed by atoms with E-state index in [0.717, 1.165) is 6.42 Å². The SMILES string of the molecule is CC(C)(C)CC(C)(C)OC(=O)C(C)(C)OC=O. The van der Waals surface area contributed by atoms with Crippen LogP contribution in [0.1, 0.15) is 54.9 Å². The van der Waals surface area contributed by atoms with Crippen LogP contribution in [0, 0.1) is 5.41 Å². The van der Waals surface area contributed by atoms with E-state index >= 15 is 0 Å². The molecule has 0 aromatic rings. The zero-order valence-corrected chi connectivity index (χ0v) is 11.9. The summed E-state index contributed by atoms with van der Waals surface area (Å²) in [5.74, 6) is -0.529. The summed E-state index contributed by atoms with van der Waals surface area (Å²) in [6.07, 6.45) is 0.725. The van der Waals surface area contributed by atoms with Gasteiger partial charge < -0.3 is 9.47 Å². The van der Waals surface area contributed by atoms with Gasteiger partial charge in [-0.3, -0.25) is 4.79 Å². The van der Waals surface area contributed by atoms with E-state index in [1.165, 1.54) is 13.8 Å². The van der Waals surface area contributed by atoms with Gasteiger partial charge in [-0.15, -0.1) is 0 Å². The smallest absolute Gasteiger partial charge is 0.350 e. The van der Waals surface area contributed by atoms with Gasteiger partial charge in [0.2, 0.25) is 5.60 Å². The van der Waals surface area contributed by atoms with Crippen LogP contribution < -0.4 is 0 Å². The lowest BCUT2D eigenvalue weighted by atomic mass is 9.83. The normalized spacial score (nSPS) is 13.1. The van der Waals surface area contributed by atoms with Crippen molar-refractivity contribution in [3.05, 3.63) is 0 Å². The van der Waals surface area contributed by atoms with Gasteiger partial charge in [0.1, 0.15) is 5.60 Å². The average molecular weight is 244 g/mol. The van der Waals surface area contributed by atoms with Gasteiger partial charge in [0, 0.05) is 0 Å². The highest BCUT2D eigenvalue weighted by Gasteiger charge is 2.37. The van der Waals surface area contributed by atoms with Crippen LogP contribution in [0.15, 0.2) is 0 Å². The molecule has 0 aromatic heterocycles. The Balaban J connectivity index is 4.62. The summed E-state index contributed by atoms with van der Waals surface area (Å²) >= 11 is 0. The van der Waals surface area contributed by atoms with Crippen molar-refractivity contribution in [2.24, 2.45) is 5.41 Å². The van der Waals surface area contributed by atoms with Gasteiger partial charge >= 0.3 is 5.97 Å². The molecule has 0 aliphatic heterocycles. The van der Waals surface area contributed by atoms with Gasteiger partial charge in [0.25, 0.3) is 6.47 Å². The van der Waals surface area contributed by atoms with Gasteiger partial charge in [-0.05, 0) is 39.5 Å². The molecule has 4 heteroatoms. The van der Waals surface area contributed by atoms with E-state index in [4.69, 9.17) is 9.47 Å². The van der Waals surface area contributed by atoms with Gasteiger partial charge in [-0.25, -0.2) is 4.79 Å². The minimum absolute atomic E-state index is 0.0550. The molecule has 0 aliphatic rings. The molecule has 0 fully saturated rings. The highest BCUT2D eigenvalue weighted by molar-refractivity contribution is 5.80. The fourth-order valence-corrected chi connectivity index (χ4v) is 1.86. The molecule has 4 nitrogen and oxygen atoms in total. The second-order valence-corrected chi connectivity index (χ2v) is 6.61. The Morgan fingerprint density at radius 1 is 1.06 bits per heavy atom. The summed E-state index contributed by atoms with van der Waals surface area (Å²) in [6, 6.07) is 0. The Labute approximate surface area is 104 Å². The topological polar surface area (TPSA) is 52.6 Å². The molecule has 0 radical (unpaired) electrons. The summed E-state index contributed by atoms with van der Waals surface area (Å²) < 4.78 is 10.1. The van der Waals surface area contributed by atoms with Crippen molar-refractivity contribution in [3.63, 3.8) is 0 Å². The Morgan fingerprint density at radius 3 is 1.88 bits per heavy atom. The minimum Gasteiger partial charge on any atom is -0.457 e. The highest BCUT2D eigenvalue weighted by Crippen LogP contribution is 2.30. The van der Waals surface area contributed by atoms with Crippen LogP contribution in [0.5, 0.6) is 0 Å². The lowest BCUT2D eigenvalue weighted by molar-refractivity contribution is -0.184. The molecule has 0 bridgehead atoms. The van der Waals surface area contributed by atoms with E-state index in [0.29, 0.717) is 0 Å². The molecule has 0 saturated carbocycles. The summed E-state index contributed by atoms with van der Waals surface area (Å²) in [6.45, 7) is 13.2. The first-order chi connectivity index (χ1) is 7.40. The Bertz CT molecular complexity index is 284. The van der Waals surface area contributed by atoms with Crippen LogP contribution in [-0.2, 0) is 19.1 Å². The summed E-state index contributed by atoms with van der Waals surface area (Å²) in [7, 11) is 0. The van der Waals surface area contributed by atoms with Crippen LogP contribution >= 0.6 is 0 Å². The second-order valence-electron chi connectivity index (χ2n) is 6.61. The van der Waals surface area contributed by atoms with Gasteiger partial charge in [0.05, 0.1) is 0 Å². The van der Waals surface area contributed by atoms with Crippen molar-refractivity contribution in [2.75, 3.05) is 0 Å². The Morgan fingerprint density at radius 2 is 1.53 bits per heavy atom. The summed E-state index contributed by atoms with van der Waals surface area (Å²) in [5, 5.41) is 0. The minimum atomic E-state index is -1.24. The molecule has 17 heavy (non-hydrogen) atoms. The number of esters is 1. The molecule has 0 unspecified atom stereocenters. The third kappa shape index (κ3) is 6.29. The molecular formula is C13H24O4. The Hall–Kier alpha value is -1.06. The molecule has 0 amide bonds. The van der Waals surface area contributed by atoms with Crippen LogP contribution in [0.3, 0.4) is 0 Å². The number of hydrogen-bond acceptors (Lipinski definition) is 4. The first-order valence-corrected chi connectivity index (χ1v) is 5.75. The molecule has 100 valence electrons. The van der Waals surface area contributed by atoms with Crippen molar-refractivity contribution < 1.29 is 19.1 Å². The van der Waals surface area contributed by atoms with Crippen molar-refractivity contribution in [1.29, 1.82) is 0 Å². The maximum atomic E-state index is 11.9. The lowest BCUT2D eigenvalue weighted by Gasteiger charge is -2.34. The fraction of sp³-hybridized carbons (Fsp3) is 0.846. The zero-order valence-electron chi connectivity index (χ0n) is 11.9. The van der Waals surface area contributed by atoms with E-state index in [-0.39, 0.29) is 11.9 Å². The second kappa shape index (κ2) is 5.07. The maximum absolute atomic E-state index is 11.9. The van der Waals surface area contributed by atoms with Crippen molar-refractivity contribution in [3.8, 4) is 0 Å². The highest BCUT2D eigenvalue weighted by atomic mass is 16.6.